The van der Waals surface area contributed by atoms with Gasteiger partial charge < -0.3 is 15.4 Å². The van der Waals surface area contributed by atoms with Crippen molar-refractivity contribution in [1.82, 2.24) is 0 Å². The van der Waals surface area contributed by atoms with E-state index in [0.29, 0.717) is 22.1 Å². The number of amides is 2. The second-order valence-electron chi connectivity index (χ2n) is 4.62. The van der Waals surface area contributed by atoms with Crippen LogP contribution in [0.3, 0.4) is 0 Å². The van der Waals surface area contributed by atoms with Crippen molar-refractivity contribution in [3.63, 3.8) is 0 Å². The van der Waals surface area contributed by atoms with E-state index in [4.69, 9.17) is 16.3 Å². The molecule has 2 amide bonds. The van der Waals surface area contributed by atoms with Crippen molar-refractivity contribution >= 4 is 34.8 Å². The largest absolute Gasteiger partial charge is 0.495 e. The molecule has 0 aromatic heterocycles. The van der Waals surface area contributed by atoms with Crippen molar-refractivity contribution in [3.05, 3.63) is 53.1 Å². The lowest BCUT2D eigenvalue weighted by atomic mass is 10.2. The summed E-state index contributed by atoms with van der Waals surface area (Å²) < 4.78 is 5.11. The molecular weight excluding hydrogens is 304 g/mol. The lowest BCUT2D eigenvalue weighted by Crippen LogP contribution is -2.29. The van der Waals surface area contributed by atoms with Gasteiger partial charge in [-0.15, -0.1) is 0 Å². The molecule has 0 aliphatic carbocycles. The van der Waals surface area contributed by atoms with E-state index < -0.39 is 11.8 Å². The Morgan fingerprint density at radius 3 is 2.45 bits per heavy atom. The summed E-state index contributed by atoms with van der Waals surface area (Å²) >= 11 is 5.88. The first-order valence-corrected chi connectivity index (χ1v) is 6.90. The minimum absolute atomic E-state index is 0.333. The van der Waals surface area contributed by atoms with Crippen LogP contribution in [-0.4, -0.2) is 18.9 Å². The van der Waals surface area contributed by atoms with Crippen LogP contribution in [0.4, 0.5) is 11.4 Å². The molecule has 114 valence electrons. The van der Waals surface area contributed by atoms with Crippen LogP contribution < -0.4 is 15.4 Å². The molecule has 0 atom stereocenters. The molecule has 6 heteroatoms. The molecule has 0 unspecified atom stereocenters. The average Bonchev–Trinajstić information content (AvgIpc) is 2.47. The highest BCUT2D eigenvalue weighted by atomic mass is 35.5. The summed E-state index contributed by atoms with van der Waals surface area (Å²) in [5, 5.41) is 5.43. The van der Waals surface area contributed by atoms with Crippen LogP contribution >= 0.6 is 11.6 Å². The van der Waals surface area contributed by atoms with Crippen LogP contribution in [0.1, 0.15) is 5.56 Å². The first kappa shape index (κ1) is 15.9. The number of hydrogen-bond acceptors (Lipinski definition) is 3. The Kier molecular flexibility index (Phi) is 5.01. The molecule has 0 radical (unpaired) electrons. The quantitative estimate of drug-likeness (QED) is 0.854. The van der Waals surface area contributed by atoms with Gasteiger partial charge in [-0.1, -0.05) is 23.7 Å². The summed E-state index contributed by atoms with van der Waals surface area (Å²) in [5.74, 6) is -1.16. The van der Waals surface area contributed by atoms with Crippen molar-refractivity contribution in [2.75, 3.05) is 17.7 Å². The molecule has 0 heterocycles. The molecule has 0 saturated carbocycles. The number of halogens is 1. The van der Waals surface area contributed by atoms with E-state index in [9.17, 15) is 9.59 Å². The highest BCUT2D eigenvalue weighted by Gasteiger charge is 2.16. The third-order valence-corrected chi connectivity index (χ3v) is 3.13. The van der Waals surface area contributed by atoms with Gasteiger partial charge in [0.05, 0.1) is 12.8 Å². The molecule has 0 fully saturated rings. The molecule has 2 aromatic carbocycles. The van der Waals surface area contributed by atoms with Gasteiger partial charge in [0.2, 0.25) is 0 Å². The van der Waals surface area contributed by atoms with Gasteiger partial charge in [0.25, 0.3) is 0 Å². The van der Waals surface area contributed by atoms with E-state index in [2.05, 4.69) is 10.6 Å². The second-order valence-corrected chi connectivity index (χ2v) is 5.06. The fourth-order valence-electron chi connectivity index (χ4n) is 1.87. The second kappa shape index (κ2) is 6.95. The Morgan fingerprint density at radius 2 is 1.77 bits per heavy atom. The third kappa shape index (κ3) is 3.99. The van der Waals surface area contributed by atoms with E-state index in [0.717, 1.165) is 5.56 Å². The van der Waals surface area contributed by atoms with E-state index in [-0.39, 0.29) is 0 Å². The first-order chi connectivity index (χ1) is 10.5. The van der Waals surface area contributed by atoms with Crippen LogP contribution in [0.15, 0.2) is 42.5 Å². The zero-order chi connectivity index (χ0) is 16.1. The monoisotopic (exact) mass is 318 g/mol. The molecule has 2 aromatic rings. The lowest BCUT2D eigenvalue weighted by molar-refractivity contribution is -0.133. The summed E-state index contributed by atoms with van der Waals surface area (Å²) in [6.07, 6.45) is 0. The number of benzene rings is 2. The van der Waals surface area contributed by atoms with E-state index in [1.165, 1.54) is 13.2 Å². The minimum atomic E-state index is -0.804. The van der Waals surface area contributed by atoms with E-state index in [1.54, 1.807) is 30.3 Å². The number of methoxy groups -OCH3 is 1. The van der Waals surface area contributed by atoms with Crippen LogP contribution in [0.5, 0.6) is 5.75 Å². The standard InChI is InChI=1S/C16H15ClN2O3/c1-10-4-3-5-12(8-10)18-15(20)16(21)19-13-9-11(17)6-7-14(13)22-2/h3-9H,1-2H3,(H,18,20)(H,19,21). The SMILES string of the molecule is COc1ccc(Cl)cc1NC(=O)C(=O)Nc1cccc(C)c1. The molecule has 0 aliphatic heterocycles. The van der Waals surface area contributed by atoms with Crippen molar-refractivity contribution in [1.29, 1.82) is 0 Å². The maximum absolute atomic E-state index is 12.0. The molecule has 5 nitrogen and oxygen atoms in total. The first-order valence-electron chi connectivity index (χ1n) is 6.52. The van der Waals surface area contributed by atoms with Gasteiger partial charge in [-0.25, -0.2) is 0 Å². The Bertz CT molecular complexity index is 716. The smallest absolute Gasteiger partial charge is 0.314 e. The summed E-state index contributed by atoms with van der Waals surface area (Å²) in [7, 11) is 1.46. The number of carbonyl (C=O) groups is 2. The van der Waals surface area contributed by atoms with Crippen molar-refractivity contribution in [2.24, 2.45) is 0 Å². The van der Waals surface area contributed by atoms with Gasteiger partial charge in [-0.05, 0) is 42.8 Å². The fourth-order valence-corrected chi connectivity index (χ4v) is 2.04. The number of ether oxygens (including phenoxy) is 1. The maximum atomic E-state index is 12.0. The summed E-state index contributed by atoms with van der Waals surface area (Å²) in [5.41, 5.74) is 1.87. The number of carbonyl (C=O) groups excluding carboxylic acids is 2. The average molecular weight is 319 g/mol. The molecule has 0 bridgehead atoms. The molecule has 0 saturated heterocycles. The fraction of sp³-hybridized carbons (Fsp3) is 0.125. The topological polar surface area (TPSA) is 67.4 Å². The Labute approximate surface area is 133 Å². The predicted octanol–water partition coefficient (Wildman–Crippen LogP) is 3.23. The Morgan fingerprint density at radius 1 is 1.05 bits per heavy atom. The Balaban J connectivity index is 2.09. The van der Waals surface area contributed by atoms with E-state index >= 15 is 0 Å². The number of nitrogens with one attached hydrogen (secondary N) is 2. The molecular formula is C16H15ClN2O3. The summed E-state index contributed by atoms with van der Waals surface area (Å²) in [4.78, 5) is 23.9. The maximum Gasteiger partial charge on any atom is 0.314 e. The summed E-state index contributed by atoms with van der Waals surface area (Å²) in [6.45, 7) is 1.90. The normalized spacial score (nSPS) is 9.95. The number of aryl methyl sites for hydroxylation is 1. The summed E-state index contributed by atoms with van der Waals surface area (Å²) in [6, 6.07) is 11.9. The zero-order valence-corrected chi connectivity index (χ0v) is 12.9. The van der Waals surface area contributed by atoms with Crippen LogP contribution in [-0.2, 0) is 9.59 Å². The zero-order valence-electron chi connectivity index (χ0n) is 12.1. The lowest BCUT2D eigenvalue weighted by Gasteiger charge is -2.10. The number of hydrogen-bond donors (Lipinski definition) is 2. The van der Waals surface area contributed by atoms with Crippen LogP contribution in [0, 0.1) is 6.92 Å². The number of anilines is 2. The number of rotatable bonds is 3. The highest BCUT2D eigenvalue weighted by molar-refractivity contribution is 6.44. The Hall–Kier alpha value is -2.53. The molecule has 0 spiro atoms. The van der Waals surface area contributed by atoms with Gasteiger partial charge >= 0.3 is 11.8 Å². The van der Waals surface area contributed by atoms with Gasteiger partial charge in [-0.2, -0.15) is 0 Å². The van der Waals surface area contributed by atoms with Gasteiger partial charge in [0.1, 0.15) is 5.75 Å². The molecule has 2 N–H and O–H groups in total. The van der Waals surface area contributed by atoms with Gasteiger partial charge in [0, 0.05) is 10.7 Å². The van der Waals surface area contributed by atoms with Crippen LogP contribution in [0.2, 0.25) is 5.02 Å². The van der Waals surface area contributed by atoms with Gasteiger partial charge in [0.15, 0.2) is 0 Å². The van der Waals surface area contributed by atoms with Crippen molar-refractivity contribution in [2.45, 2.75) is 6.92 Å². The van der Waals surface area contributed by atoms with Gasteiger partial charge in [-0.3, -0.25) is 9.59 Å². The van der Waals surface area contributed by atoms with Crippen molar-refractivity contribution in [3.8, 4) is 5.75 Å². The van der Waals surface area contributed by atoms with E-state index in [1.807, 2.05) is 13.0 Å². The third-order valence-electron chi connectivity index (χ3n) is 2.89. The predicted molar refractivity (Wildman–Crippen MR) is 86.4 cm³/mol. The molecule has 0 aliphatic rings. The minimum Gasteiger partial charge on any atom is -0.495 e. The molecule has 2 rings (SSSR count). The highest BCUT2D eigenvalue weighted by Crippen LogP contribution is 2.27. The molecule has 22 heavy (non-hydrogen) atoms. The van der Waals surface area contributed by atoms with Crippen molar-refractivity contribution < 1.29 is 14.3 Å². The van der Waals surface area contributed by atoms with Crippen LogP contribution in [0.25, 0.3) is 0 Å².